The van der Waals surface area contributed by atoms with Crippen LogP contribution in [-0.4, -0.2) is 67.9 Å². The number of aliphatic hydroxyl groups excluding tert-OH is 2. The van der Waals surface area contributed by atoms with E-state index in [2.05, 4.69) is 10.6 Å². The van der Waals surface area contributed by atoms with Crippen molar-refractivity contribution in [2.45, 2.75) is 0 Å². The molecule has 0 saturated carbocycles. The van der Waals surface area contributed by atoms with E-state index in [1.165, 1.54) is 5.34 Å². The van der Waals surface area contributed by atoms with Crippen LogP contribution < -0.4 is 0 Å². The summed E-state index contributed by atoms with van der Waals surface area (Å²) in [5.41, 5.74) is 13.2. The molecule has 0 atom stereocenters. The van der Waals surface area contributed by atoms with Crippen molar-refractivity contribution in [3.8, 4) is 0 Å². The van der Waals surface area contributed by atoms with Gasteiger partial charge in [0.2, 0.25) is 0 Å². The largest absolute Gasteiger partial charge is 3.00 e. The molecule has 0 saturated heterocycles. The van der Waals surface area contributed by atoms with Crippen molar-refractivity contribution < 1.29 is 32.2 Å². The first-order valence-electron chi connectivity index (χ1n) is 5.72. The van der Waals surface area contributed by atoms with Crippen molar-refractivity contribution in [3.05, 3.63) is 47.2 Å². The molecule has 0 aromatic carbocycles. The van der Waals surface area contributed by atoms with Gasteiger partial charge >= 0.3 is 16.8 Å². The molecule has 0 unspecified atom stereocenters. The summed E-state index contributed by atoms with van der Waals surface area (Å²) in [5, 5.41) is 49.7. The molecule has 0 aromatic rings. The van der Waals surface area contributed by atoms with Crippen LogP contribution in [0.3, 0.4) is 0 Å². The van der Waals surface area contributed by atoms with Crippen LogP contribution in [0.5, 0.6) is 0 Å². The number of hydrogen-bond acceptors (Lipinski definition) is 10. The maximum absolute atomic E-state index is 8.14. The molecule has 0 fully saturated rings. The zero-order valence-corrected chi connectivity index (χ0v) is 13.7. The molecule has 0 aromatic heterocycles. The average Bonchev–Trinajstić information content (AvgIpc) is 2.51. The van der Waals surface area contributed by atoms with Gasteiger partial charge in [0.05, 0.1) is 0 Å². The van der Waals surface area contributed by atoms with Crippen molar-refractivity contribution >= 4 is 0 Å². The normalized spacial score (nSPS) is 7.00. The molecule has 0 aliphatic carbocycles. The van der Waals surface area contributed by atoms with Crippen LogP contribution in [0, 0.1) is 25.1 Å². The summed E-state index contributed by atoms with van der Waals surface area (Å²) in [5.74, 6) is 0. The van der Waals surface area contributed by atoms with Gasteiger partial charge in [0, 0.05) is 13.2 Å². The van der Waals surface area contributed by atoms with Crippen molar-refractivity contribution in [3.63, 3.8) is 0 Å². The van der Waals surface area contributed by atoms with Gasteiger partial charge in [-0.2, -0.15) is 26.2 Å². The molecule has 0 aliphatic rings. The Morgan fingerprint density at radius 2 is 1.00 bits per heavy atom. The van der Waals surface area contributed by atoms with Gasteiger partial charge in [-0.25, -0.2) is 0 Å². The van der Waals surface area contributed by atoms with Crippen LogP contribution in [0.1, 0.15) is 0 Å². The van der Waals surface area contributed by atoms with E-state index in [4.69, 9.17) is 52.0 Å². The van der Waals surface area contributed by atoms with Crippen LogP contribution in [0.25, 0.3) is 22.1 Å². The molecule has 0 aliphatic heterocycles. The van der Waals surface area contributed by atoms with Crippen LogP contribution in [0.15, 0.2) is 16.0 Å². The van der Waals surface area contributed by atoms with Gasteiger partial charge in [-0.3, -0.25) is 0 Å². The molecule has 0 spiro atoms. The second-order valence-corrected chi connectivity index (χ2v) is 2.52. The summed E-state index contributed by atoms with van der Waals surface area (Å²) in [6, 6.07) is 0. The fraction of sp³-hybridized carbons (Fsp3) is 1.00. The Balaban J connectivity index is -0.0000000446. The quantitative estimate of drug-likeness (QED) is 0.302. The Labute approximate surface area is 148 Å². The third-order valence-corrected chi connectivity index (χ3v) is 1.06. The van der Waals surface area contributed by atoms with Crippen LogP contribution >= 0.6 is 0 Å². The fourth-order valence-corrected chi connectivity index (χ4v) is 0.523. The number of rotatable bonds is 8. The van der Waals surface area contributed by atoms with Crippen molar-refractivity contribution in [1.29, 1.82) is 0 Å². The Morgan fingerprint density at radius 3 is 1.12 bits per heavy atom. The van der Waals surface area contributed by atoms with E-state index in [1.54, 1.807) is 0 Å². The van der Waals surface area contributed by atoms with Gasteiger partial charge in [-0.1, -0.05) is 0 Å². The molecular formula is C8H21CoN7O8-3. The van der Waals surface area contributed by atoms with Crippen LogP contribution in [0.4, 0.5) is 0 Å². The maximum Gasteiger partial charge on any atom is 3.00 e. The third-order valence-electron chi connectivity index (χ3n) is 1.06. The first-order chi connectivity index (χ1) is 11.1. The SMILES string of the molecule is O=NO.O=N[O-].O=N[O-].[Co+3].[NH-]CC[N-]CCO.[NH-]CC[N-]CCO. The third kappa shape index (κ3) is 185. The van der Waals surface area contributed by atoms with E-state index in [9.17, 15) is 0 Å². The van der Waals surface area contributed by atoms with Gasteiger partial charge < -0.3 is 57.7 Å². The Kier molecular flexibility index (Phi) is 109. The van der Waals surface area contributed by atoms with Gasteiger partial charge in [-0.05, 0) is 0 Å². The average molecular weight is 402 g/mol. The Hall–Kier alpha value is -1.53. The van der Waals surface area contributed by atoms with Gasteiger partial charge in [0.15, 0.2) is 5.34 Å². The molecule has 0 bridgehead atoms. The molecule has 24 heavy (non-hydrogen) atoms. The number of nitrogens with one attached hydrogen (secondary N) is 2. The van der Waals surface area contributed by atoms with Crippen molar-refractivity contribution in [2.75, 3.05) is 52.5 Å². The smallest absolute Gasteiger partial charge is 0.679 e. The van der Waals surface area contributed by atoms with E-state index < -0.39 is 0 Å². The topological polar surface area (TPSA) is 271 Å². The van der Waals surface area contributed by atoms with Gasteiger partial charge in [0.1, 0.15) is 0 Å². The molecule has 0 amide bonds. The zero-order valence-electron chi connectivity index (χ0n) is 12.6. The second kappa shape index (κ2) is 68.4. The molecule has 0 heterocycles. The van der Waals surface area contributed by atoms with E-state index in [0.717, 1.165) is 10.7 Å². The predicted molar refractivity (Wildman–Crippen MR) is 84.6 cm³/mol. The number of hydrogen-bond donors (Lipinski definition) is 3. The standard InChI is InChI=1S/2C4H10N2O.Co.3HNO2/c2*5-1-2-6-3-4-7;;3*2-1-3/h2*5,7H,1-4H2;;3*(H,2,3)/q2*-2;+3;;;/p-2. The minimum Gasteiger partial charge on any atom is -0.679 e. The summed E-state index contributed by atoms with van der Waals surface area (Å²) >= 11 is 0. The number of aliphatic hydroxyl groups is 2. The van der Waals surface area contributed by atoms with E-state index in [0.29, 0.717) is 39.3 Å². The number of nitrogens with zero attached hydrogens (tertiary/aromatic N) is 5. The summed E-state index contributed by atoms with van der Waals surface area (Å²) in [6.45, 7) is 2.97. The Bertz CT molecular complexity index is 166. The summed E-state index contributed by atoms with van der Waals surface area (Å²) in [4.78, 5) is 24.1. The molecule has 5 N–H and O–H groups in total. The first kappa shape index (κ1) is 38.2. The monoisotopic (exact) mass is 402 g/mol. The Morgan fingerprint density at radius 1 is 0.792 bits per heavy atom. The minimum absolute atomic E-state index is 0. The second-order valence-electron chi connectivity index (χ2n) is 2.52. The van der Waals surface area contributed by atoms with Crippen molar-refractivity contribution in [1.82, 2.24) is 0 Å². The summed E-state index contributed by atoms with van der Waals surface area (Å²) in [6.07, 6.45) is 0. The molecule has 0 radical (unpaired) electrons. The van der Waals surface area contributed by atoms with Crippen molar-refractivity contribution in [2.24, 2.45) is 16.0 Å². The molecule has 15 nitrogen and oxygen atoms in total. The minimum atomic E-state index is 0. The van der Waals surface area contributed by atoms with E-state index in [-0.39, 0.29) is 30.0 Å². The maximum atomic E-state index is 8.14. The predicted octanol–water partition coefficient (Wildman–Crippen LogP) is 1.45. The van der Waals surface area contributed by atoms with E-state index >= 15 is 0 Å². The van der Waals surface area contributed by atoms with Crippen LogP contribution in [0.2, 0.25) is 0 Å². The first-order valence-corrected chi connectivity index (χ1v) is 5.72. The molecule has 148 valence electrons. The van der Waals surface area contributed by atoms with Gasteiger partial charge in [0.25, 0.3) is 0 Å². The molecule has 0 rings (SSSR count). The summed E-state index contributed by atoms with van der Waals surface area (Å²) < 4.78 is 0. The van der Waals surface area contributed by atoms with Gasteiger partial charge in [-0.15, -0.1) is 28.7 Å². The fourth-order valence-electron chi connectivity index (χ4n) is 0.523. The molecule has 16 heteroatoms. The van der Waals surface area contributed by atoms with Crippen LogP contribution in [-0.2, 0) is 16.8 Å². The van der Waals surface area contributed by atoms with E-state index in [1.807, 2.05) is 0 Å². The molecular weight excluding hydrogens is 381 g/mol. The zero-order chi connectivity index (χ0) is 19.2. The summed E-state index contributed by atoms with van der Waals surface area (Å²) in [7, 11) is 0.